The zero-order valence-corrected chi connectivity index (χ0v) is 20.2. The van der Waals surface area contributed by atoms with Crippen LogP contribution in [0.4, 0.5) is 5.69 Å². The Morgan fingerprint density at radius 3 is 2.41 bits per heavy atom. The molecule has 1 saturated carbocycles. The van der Waals surface area contributed by atoms with Gasteiger partial charge in [-0.3, -0.25) is 9.79 Å². The molecule has 1 aromatic rings. The molecule has 0 radical (unpaired) electrons. The summed E-state index contributed by atoms with van der Waals surface area (Å²) in [7, 11) is 0. The maximum Gasteiger partial charge on any atom is 0.221 e. The topological polar surface area (TPSA) is 74.8 Å². The number of anilines is 1. The maximum absolute atomic E-state index is 11.1. The van der Waals surface area contributed by atoms with Crippen molar-refractivity contribution < 1.29 is 9.53 Å². The minimum atomic E-state index is -0.0519. The largest absolute Gasteiger partial charge is 0.376 e. The summed E-state index contributed by atoms with van der Waals surface area (Å²) in [6.45, 7) is 6.58. The van der Waals surface area contributed by atoms with Crippen molar-refractivity contribution in [1.29, 1.82) is 0 Å². The molecule has 3 N–H and O–H groups in total. The van der Waals surface area contributed by atoms with Crippen LogP contribution in [0.1, 0.15) is 57.9 Å². The number of hydrogen-bond donors (Lipinski definition) is 3. The number of nitrogens with zero attached hydrogens (tertiary/aromatic N) is 1. The minimum Gasteiger partial charge on any atom is -0.376 e. The fourth-order valence-electron chi connectivity index (χ4n) is 3.41. The van der Waals surface area contributed by atoms with Crippen molar-refractivity contribution in [2.45, 2.75) is 64.9 Å². The van der Waals surface area contributed by atoms with Crippen molar-refractivity contribution in [3.8, 4) is 0 Å². The lowest BCUT2D eigenvalue weighted by molar-refractivity contribution is -0.114. The summed E-state index contributed by atoms with van der Waals surface area (Å²) in [4.78, 5) is 15.7. The highest BCUT2D eigenvalue weighted by Crippen LogP contribution is 2.19. The van der Waals surface area contributed by atoms with E-state index in [1.54, 1.807) is 0 Å². The summed E-state index contributed by atoms with van der Waals surface area (Å²) < 4.78 is 6.01. The van der Waals surface area contributed by atoms with Crippen molar-refractivity contribution in [1.82, 2.24) is 10.6 Å². The van der Waals surface area contributed by atoms with Gasteiger partial charge in [0.25, 0.3) is 0 Å². The van der Waals surface area contributed by atoms with E-state index < -0.39 is 0 Å². The van der Waals surface area contributed by atoms with Crippen molar-refractivity contribution >= 4 is 41.5 Å². The van der Waals surface area contributed by atoms with Crippen LogP contribution >= 0.6 is 24.0 Å². The summed E-state index contributed by atoms with van der Waals surface area (Å²) in [5.74, 6) is 0.783. The summed E-state index contributed by atoms with van der Waals surface area (Å²) in [6.07, 6.45) is 9.00. The van der Waals surface area contributed by atoms with Crippen LogP contribution < -0.4 is 16.0 Å². The van der Waals surface area contributed by atoms with Gasteiger partial charge < -0.3 is 20.7 Å². The molecule has 0 aromatic heterocycles. The molecule has 0 atom stereocenters. The SMILES string of the molecule is CCNC(=NCCOC1CCCCCC1)NCCc1ccc(NC(C)=O)cc1.I. The first-order valence-electron chi connectivity index (χ1n) is 10.7. The number of carbonyl (C=O) groups excluding carboxylic acids is 1. The number of rotatable bonds is 9. The fourth-order valence-corrected chi connectivity index (χ4v) is 3.41. The zero-order chi connectivity index (χ0) is 20.0. The molecule has 1 aliphatic carbocycles. The van der Waals surface area contributed by atoms with E-state index in [1.807, 2.05) is 24.3 Å². The van der Waals surface area contributed by atoms with E-state index in [-0.39, 0.29) is 29.9 Å². The minimum absolute atomic E-state index is 0. The van der Waals surface area contributed by atoms with Crippen LogP contribution in [-0.4, -0.2) is 44.2 Å². The van der Waals surface area contributed by atoms with E-state index in [2.05, 4.69) is 27.9 Å². The molecular formula is C22H37IN4O2. The van der Waals surface area contributed by atoms with Crippen LogP contribution in [0.15, 0.2) is 29.3 Å². The van der Waals surface area contributed by atoms with Crippen LogP contribution in [0.2, 0.25) is 0 Å². The Kier molecular flexibility index (Phi) is 13.7. The standard InChI is InChI=1S/C22H36N4O2.HI/c1-3-23-22(25-16-17-28-21-8-6-4-5-7-9-21)24-15-14-19-10-12-20(13-11-19)26-18(2)27;/h10-13,21H,3-9,14-17H2,1-2H3,(H,26,27)(H2,23,24,25);1H. The third-order valence-corrected chi connectivity index (χ3v) is 4.84. The molecular weight excluding hydrogens is 479 g/mol. The third kappa shape index (κ3) is 11.4. The number of amides is 1. The first kappa shape index (κ1) is 25.7. The van der Waals surface area contributed by atoms with Gasteiger partial charge in [-0.15, -0.1) is 24.0 Å². The summed E-state index contributed by atoms with van der Waals surface area (Å²) in [5, 5.41) is 9.45. The average molecular weight is 516 g/mol. The van der Waals surface area contributed by atoms with Gasteiger partial charge in [0.2, 0.25) is 5.91 Å². The second-order valence-electron chi connectivity index (χ2n) is 7.30. The number of hydrogen-bond acceptors (Lipinski definition) is 3. The molecule has 0 aliphatic heterocycles. The van der Waals surface area contributed by atoms with Gasteiger partial charge in [0, 0.05) is 25.7 Å². The van der Waals surface area contributed by atoms with Gasteiger partial charge in [0.15, 0.2) is 5.96 Å². The Hall–Kier alpha value is -1.35. The van der Waals surface area contributed by atoms with Gasteiger partial charge in [-0.25, -0.2) is 0 Å². The smallest absolute Gasteiger partial charge is 0.221 e. The number of ether oxygens (including phenoxy) is 1. The van der Waals surface area contributed by atoms with Gasteiger partial charge >= 0.3 is 0 Å². The molecule has 6 nitrogen and oxygen atoms in total. The number of benzene rings is 1. The molecule has 0 saturated heterocycles. The van der Waals surface area contributed by atoms with Crippen LogP contribution in [0.25, 0.3) is 0 Å². The van der Waals surface area contributed by atoms with Gasteiger partial charge in [0.1, 0.15) is 0 Å². The van der Waals surface area contributed by atoms with E-state index in [9.17, 15) is 4.79 Å². The maximum atomic E-state index is 11.1. The van der Waals surface area contributed by atoms with E-state index >= 15 is 0 Å². The first-order valence-corrected chi connectivity index (χ1v) is 10.7. The van der Waals surface area contributed by atoms with E-state index in [0.717, 1.165) is 31.2 Å². The van der Waals surface area contributed by atoms with Crippen LogP contribution in [0.5, 0.6) is 0 Å². The number of aliphatic imine (C=N–C) groups is 1. The van der Waals surface area contributed by atoms with Gasteiger partial charge in [0.05, 0.1) is 19.3 Å². The highest BCUT2D eigenvalue weighted by molar-refractivity contribution is 14.0. The Bertz CT molecular complexity index is 599. The highest BCUT2D eigenvalue weighted by Gasteiger charge is 2.11. The van der Waals surface area contributed by atoms with Crippen LogP contribution in [0, 0.1) is 0 Å². The molecule has 164 valence electrons. The first-order chi connectivity index (χ1) is 13.7. The van der Waals surface area contributed by atoms with Crippen molar-refractivity contribution in [2.75, 3.05) is 31.6 Å². The van der Waals surface area contributed by atoms with Gasteiger partial charge in [-0.2, -0.15) is 0 Å². The Morgan fingerprint density at radius 1 is 1.10 bits per heavy atom. The third-order valence-electron chi connectivity index (χ3n) is 4.84. The molecule has 0 unspecified atom stereocenters. The Labute approximate surface area is 192 Å². The lowest BCUT2D eigenvalue weighted by Gasteiger charge is -2.15. The van der Waals surface area contributed by atoms with E-state index in [0.29, 0.717) is 19.3 Å². The molecule has 0 heterocycles. The van der Waals surface area contributed by atoms with Crippen LogP contribution in [0.3, 0.4) is 0 Å². The van der Waals surface area contributed by atoms with Crippen molar-refractivity contribution in [3.05, 3.63) is 29.8 Å². The second-order valence-corrected chi connectivity index (χ2v) is 7.30. The van der Waals surface area contributed by atoms with Gasteiger partial charge in [-0.1, -0.05) is 37.8 Å². The summed E-state index contributed by atoms with van der Waals surface area (Å²) in [6, 6.07) is 7.94. The average Bonchev–Trinajstić information content (AvgIpc) is 2.95. The number of guanidine groups is 1. The predicted molar refractivity (Wildman–Crippen MR) is 131 cm³/mol. The molecule has 1 fully saturated rings. The molecule has 7 heteroatoms. The summed E-state index contributed by atoms with van der Waals surface area (Å²) in [5.41, 5.74) is 2.04. The molecule has 1 aliphatic rings. The number of halogens is 1. The van der Waals surface area contributed by atoms with Crippen LogP contribution in [-0.2, 0) is 16.0 Å². The quantitative estimate of drug-likeness (QED) is 0.152. The molecule has 0 spiro atoms. The molecule has 1 amide bonds. The fraction of sp³-hybridized carbons (Fsp3) is 0.636. The Morgan fingerprint density at radius 2 is 1.79 bits per heavy atom. The normalized spacial score (nSPS) is 15.2. The van der Waals surface area contributed by atoms with Crippen molar-refractivity contribution in [2.24, 2.45) is 4.99 Å². The lowest BCUT2D eigenvalue weighted by atomic mass is 10.1. The lowest BCUT2D eigenvalue weighted by Crippen LogP contribution is -2.38. The van der Waals surface area contributed by atoms with E-state index in [4.69, 9.17) is 4.74 Å². The molecule has 1 aromatic carbocycles. The van der Waals surface area contributed by atoms with E-state index in [1.165, 1.54) is 51.0 Å². The number of carbonyl (C=O) groups is 1. The highest BCUT2D eigenvalue weighted by atomic mass is 127. The monoisotopic (exact) mass is 516 g/mol. The number of nitrogens with one attached hydrogen (secondary N) is 3. The molecule has 29 heavy (non-hydrogen) atoms. The second kappa shape index (κ2) is 15.5. The predicted octanol–water partition coefficient (Wildman–Crippen LogP) is 4.10. The summed E-state index contributed by atoms with van der Waals surface area (Å²) >= 11 is 0. The van der Waals surface area contributed by atoms with Gasteiger partial charge in [-0.05, 0) is 43.9 Å². The Balaban J connectivity index is 0.00000420. The molecule has 0 bridgehead atoms. The zero-order valence-electron chi connectivity index (χ0n) is 17.8. The van der Waals surface area contributed by atoms with Crippen molar-refractivity contribution in [3.63, 3.8) is 0 Å². The molecule has 2 rings (SSSR count).